The van der Waals surface area contributed by atoms with Crippen molar-refractivity contribution in [3.63, 3.8) is 0 Å². The highest BCUT2D eigenvalue weighted by Gasteiger charge is 2.31. The summed E-state index contributed by atoms with van der Waals surface area (Å²) in [6.45, 7) is 0.709. The number of hydrogen-bond acceptors (Lipinski definition) is 3. The monoisotopic (exact) mass is 348 g/mol. The van der Waals surface area contributed by atoms with E-state index in [1.165, 1.54) is 0 Å². The Kier molecular flexibility index (Phi) is 6.05. The van der Waals surface area contributed by atoms with Gasteiger partial charge in [0, 0.05) is 28.9 Å². The molecule has 4 nitrogen and oxygen atoms in total. The Balaban J connectivity index is 1.72. The summed E-state index contributed by atoms with van der Waals surface area (Å²) in [5.74, 6) is 1.60. The fourth-order valence-electron chi connectivity index (χ4n) is 2.12. The molecule has 1 aliphatic rings. The van der Waals surface area contributed by atoms with E-state index in [9.17, 15) is 9.90 Å². The SMILES string of the molecule is O=C(NCCc1c(Cl)cccc1Cl)NCC1(O)CCSC1. The van der Waals surface area contributed by atoms with Crippen LogP contribution in [-0.4, -0.2) is 41.3 Å². The van der Waals surface area contributed by atoms with Crippen LogP contribution in [0.1, 0.15) is 12.0 Å². The van der Waals surface area contributed by atoms with Crippen LogP contribution in [0.3, 0.4) is 0 Å². The second kappa shape index (κ2) is 7.58. The molecule has 1 heterocycles. The standard InChI is InChI=1S/C14H18Cl2N2O2S/c15-11-2-1-3-12(16)10(11)4-6-17-13(19)18-8-14(20)5-7-21-9-14/h1-3,20H,4-9H2,(H2,17,18,19). The molecule has 2 amide bonds. The number of aliphatic hydroxyl groups is 1. The number of carbonyl (C=O) groups excluding carboxylic acids is 1. The number of nitrogens with one attached hydrogen (secondary N) is 2. The zero-order chi connectivity index (χ0) is 15.3. The summed E-state index contributed by atoms with van der Waals surface area (Å²) in [7, 11) is 0. The van der Waals surface area contributed by atoms with Crippen LogP contribution >= 0.6 is 35.0 Å². The third-order valence-corrected chi connectivity index (χ3v) is 5.33. The molecule has 1 fully saturated rings. The Morgan fingerprint density at radius 2 is 2.05 bits per heavy atom. The molecule has 0 aliphatic carbocycles. The fraction of sp³-hybridized carbons (Fsp3) is 0.500. The van der Waals surface area contributed by atoms with E-state index in [1.54, 1.807) is 30.0 Å². The van der Waals surface area contributed by atoms with E-state index in [-0.39, 0.29) is 12.6 Å². The zero-order valence-electron chi connectivity index (χ0n) is 11.5. The largest absolute Gasteiger partial charge is 0.387 e. The van der Waals surface area contributed by atoms with E-state index in [4.69, 9.17) is 23.2 Å². The highest BCUT2D eigenvalue weighted by atomic mass is 35.5. The molecule has 1 saturated heterocycles. The lowest BCUT2D eigenvalue weighted by Gasteiger charge is -2.21. The van der Waals surface area contributed by atoms with E-state index in [1.807, 2.05) is 0 Å². The van der Waals surface area contributed by atoms with E-state index in [0.717, 1.165) is 11.3 Å². The van der Waals surface area contributed by atoms with Crippen molar-refractivity contribution in [3.8, 4) is 0 Å². The zero-order valence-corrected chi connectivity index (χ0v) is 13.8. The second-order valence-corrected chi connectivity index (χ2v) is 7.01. The average molecular weight is 349 g/mol. The van der Waals surface area contributed by atoms with Crippen LogP contribution in [0.4, 0.5) is 4.79 Å². The third-order valence-electron chi connectivity index (χ3n) is 3.38. The van der Waals surface area contributed by atoms with Crippen LogP contribution in [0.5, 0.6) is 0 Å². The average Bonchev–Trinajstić information content (AvgIpc) is 2.87. The topological polar surface area (TPSA) is 61.4 Å². The molecule has 0 radical (unpaired) electrons. The van der Waals surface area contributed by atoms with Gasteiger partial charge in [0.05, 0.1) is 5.60 Å². The van der Waals surface area contributed by atoms with Crippen LogP contribution in [0.25, 0.3) is 0 Å². The number of carbonyl (C=O) groups is 1. The summed E-state index contributed by atoms with van der Waals surface area (Å²) in [4.78, 5) is 11.7. The highest BCUT2D eigenvalue weighted by molar-refractivity contribution is 7.99. The number of hydrogen-bond donors (Lipinski definition) is 3. The van der Waals surface area contributed by atoms with E-state index < -0.39 is 5.60 Å². The van der Waals surface area contributed by atoms with Gasteiger partial charge in [-0.15, -0.1) is 0 Å². The van der Waals surface area contributed by atoms with Crippen LogP contribution in [0, 0.1) is 0 Å². The first-order valence-corrected chi connectivity index (χ1v) is 8.66. The molecular weight excluding hydrogens is 331 g/mol. The molecule has 1 aliphatic heterocycles. The third kappa shape index (κ3) is 4.95. The summed E-state index contributed by atoms with van der Waals surface area (Å²) in [5.41, 5.74) is 0.0561. The number of rotatable bonds is 5. The minimum atomic E-state index is -0.770. The van der Waals surface area contributed by atoms with Gasteiger partial charge >= 0.3 is 6.03 Å². The van der Waals surface area contributed by atoms with Crippen molar-refractivity contribution < 1.29 is 9.90 Å². The van der Waals surface area contributed by atoms with Crippen molar-refractivity contribution in [2.75, 3.05) is 24.6 Å². The fourth-order valence-corrected chi connectivity index (χ4v) is 4.00. The Morgan fingerprint density at radius 3 is 2.67 bits per heavy atom. The number of halogens is 2. The molecule has 0 spiro atoms. The molecule has 1 aromatic carbocycles. The van der Waals surface area contributed by atoms with Crippen molar-refractivity contribution in [3.05, 3.63) is 33.8 Å². The van der Waals surface area contributed by atoms with Crippen LogP contribution in [-0.2, 0) is 6.42 Å². The van der Waals surface area contributed by atoms with Crippen molar-refractivity contribution in [2.45, 2.75) is 18.4 Å². The summed E-state index contributed by atoms with van der Waals surface area (Å²) in [6, 6.07) is 5.05. The number of benzene rings is 1. The first kappa shape index (κ1) is 16.7. The molecule has 2 rings (SSSR count). The van der Waals surface area contributed by atoms with E-state index in [0.29, 0.717) is 35.2 Å². The van der Waals surface area contributed by atoms with Crippen molar-refractivity contribution >= 4 is 41.0 Å². The van der Waals surface area contributed by atoms with Crippen molar-refractivity contribution in [1.82, 2.24) is 10.6 Å². The molecule has 3 N–H and O–H groups in total. The van der Waals surface area contributed by atoms with E-state index in [2.05, 4.69) is 10.6 Å². The van der Waals surface area contributed by atoms with E-state index >= 15 is 0 Å². The molecular formula is C14H18Cl2N2O2S. The molecule has 0 aromatic heterocycles. The van der Waals surface area contributed by atoms with Crippen LogP contribution in [0.2, 0.25) is 10.0 Å². The Morgan fingerprint density at radius 1 is 1.33 bits per heavy atom. The summed E-state index contributed by atoms with van der Waals surface area (Å²) < 4.78 is 0. The molecule has 1 atom stereocenters. The maximum absolute atomic E-state index is 11.7. The normalized spacial score (nSPS) is 21.3. The quantitative estimate of drug-likeness (QED) is 0.766. The van der Waals surface area contributed by atoms with Gasteiger partial charge in [-0.3, -0.25) is 0 Å². The van der Waals surface area contributed by atoms with Gasteiger partial charge in [-0.1, -0.05) is 29.3 Å². The van der Waals surface area contributed by atoms with Gasteiger partial charge in [-0.2, -0.15) is 11.8 Å². The maximum atomic E-state index is 11.7. The molecule has 1 aromatic rings. The lowest BCUT2D eigenvalue weighted by Crippen LogP contribution is -2.46. The Hall–Kier alpha value is -0.620. The van der Waals surface area contributed by atoms with Crippen LogP contribution in [0.15, 0.2) is 18.2 Å². The second-order valence-electron chi connectivity index (χ2n) is 5.09. The van der Waals surface area contributed by atoms with Gasteiger partial charge in [0.1, 0.15) is 0 Å². The lowest BCUT2D eigenvalue weighted by atomic mass is 10.0. The van der Waals surface area contributed by atoms with Gasteiger partial charge < -0.3 is 15.7 Å². The minimum Gasteiger partial charge on any atom is -0.387 e. The smallest absolute Gasteiger partial charge is 0.314 e. The van der Waals surface area contributed by atoms with Gasteiger partial charge in [0.15, 0.2) is 0 Å². The molecule has 7 heteroatoms. The number of urea groups is 1. The van der Waals surface area contributed by atoms with Crippen molar-refractivity contribution in [1.29, 1.82) is 0 Å². The first-order valence-electron chi connectivity index (χ1n) is 6.75. The van der Waals surface area contributed by atoms with Gasteiger partial charge in [0.25, 0.3) is 0 Å². The summed E-state index contributed by atoms with van der Waals surface area (Å²) in [5, 5.41) is 16.8. The molecule has 0 bridgehead atoms. The van der Waals surface area contributed by atoms with Gasteiger partial charge in [-0.25, -0.2) is 4.79 Å². The summed E-state index contributed by atoms with van der Waals surface area (Å²) in [6.07, 6.45) is 1.28. The maximum Gasteiger partial charge on any atom is 0.314 e. The van der Waals surface area contributed by atoms with Gasteiger partial charge in [-0.05, 0) is 36.3 Å². The molecule has 0 saturated carbocycles. The number of amides is 2. The van der Waals surface area contributed by atoms with Crippen LogP contribution < -0.4 is 10.6 Å². The number of thioether (sulfide) groups is 1. The predicted molar refractivity (Wildman–Crippen MR) is 88.5 cm³/mol. The predicted octanol–water partition coefficient (Wildman–Crippen LogP) is 2.70. The lowest BCUT2D eigenvalue weighted by molar-refractivity contribution is 0.0700. The first-order chi connectivity index (χ1) is 10.0. The highest BCUT2D eigenvalue weighted by Crippen LogP contribution is 2.27. The Labute approximate surface area is 138 Å². The molecule has 1 unspecified atom stereocenters. The molecule has 21 heavy (non-hydrogen) atoms. The summed E-state index contributed by atoms with van der Waals surface area (Å²) >= 11 is 13.8. The van der Waals surface area contributed by atoms with Crippen molar-refractivity contribution in [2.24, 2.45) is 0 Å². The Bertz CT molecular complexity index is 487. The molecule has 116 valence electrons. The van der Waals surface area contributed by atoms with Gasteiger partial charge in [0.2, 0.25) is 0 Å². The minimum absolute atomic E-state index is 0.276.